The molecule has 0 aromatic rings. The number of hydrogen-bond acceptors (Lipinski definition) is 4. The van der Waals surface area contributed by atoms with E-state index in [4.69, 9.17) is 0 Å². The highest BCUT2D eigenvalue weighted by Gasteiger charge is 2.41. The number of hydrogen-bond donors (Lipinski definition) is 0. The lowest BCUT2D eigenvalue weighted by molar-refractivity contribution is -0.0918. The number of rotatable bonds is 0. The monoisotopic (exact) mass is 308 g/mol. The normalized spacial score (nSPS) is 47.7. The van der Waals surface area contributed by atoms with Crippen LogP contribution >= 0.6 is 0 Å². The lowest BCUT2D eigenvalue weighted by atomic mass is 9.88. The van der Waals surface area contributed by atoms with Crippen LogP contribution in [-0.4, -0.2) is 82.3 Å². The van der Waals surface area contributed by atoms with Gasteiger partial charge in [-0.3, -0.25) is 19.6 Å². The first kappa shape index (κ1) is 16.7. The summed E-state index contributed by atoms with van der Waals surface area (Å²) in [7, 11) is 0. The topological polar surface area (TPSA) is 13.0 Å². The molecule has 0 aromatic heterocycles. The minimum absolute atomic E-state index is 0.340. The van der Waals surface area contributed by atoms with Gasteiger partial charge in [-0.15, -0.1) is 0 Å². The summed E-state index contributed by atoms with van der Waals surface area (Å²) in [6, 6.07) is 1.40. The predicted octanol–water partition coefficient (Wildman–Crippen LogP) is 2.26. The van der Waals surface area contributed by atoms with Crippen LogP contribution in [0.4, 0.5) is 0 Å². The van der Waals surface area contributed by atoms with E-state index in [9.17, 15) is 0 Å². The van der Waals surface area contributed by atoms with Crippen molar-refractivity contribution in [1.82, 2.24) is 19.6 Å². The van der Waals surface area contributed by atoms with Gasteiger partial charge in [0.25, 0.3) is 0 Å². The molecule has 0 amide bonds. The quantitative estimate of drug-likeness (QED) is 0.680. The van der Waals surface area contributed by atoms with Gasteiger partial charge in [-0.25, -0.2) is 0 Å². The average Bonchev–Trinajstić information content (AvgIpc) is 2.39. The third-order valence-corrected chi connectivity index (χ3v) is 6.57. The zero-order chi connectivity index (χ0) is 16.1. The summed E-state index contributed by atoms with van der Waals surface area (Å²) >= 11 is 0. The highest BCUT2D eigenvalue weighted by atomic mass is 15.4. The fourth-order valence-corrected chi connectivity index (χ4v) is 4.89. The molecule has 3 fully saturated rings. The van der Waals surface area contributed by atoms with E-state index < -0.39 is 0 Å². The summed E-state index contributed by atoms with van der Waals surface area (Å²) in [5.41, 5.74) is 0.681. The van der Waals surface area contributed by atoms with Gasteiger partial charge < -0.3 is 0 Å². The molecule has 3 rings (SSSR count). The Labute approximate surface area is 137 Å². The average molecular weight is 309 g/mol. The Kier molecular flexibility index (Phi) is 4.35. The van der Waals surface area contributed by atoms with Gasteiger partial charge in [0.15, 0.2) is 0 Å². The molecule has 0 aromatic carbocycles. The van der Waals surface area contributed by atoms with Crippen LogP contribution in [-0.2, 0) is 0 Å². The van der Waals surface area contributed by atoms with Crippen molar-refractivity contribution in [2.24, 2.45) is 0 Å². The van der Waals surface area contributed by atoms with Crippen molar-refractivity contribution < 1.29 is 0 Å². The molecule has 22 heavy (non-hydrogen) atoms. The predicted molar refractivity (Wildman–Crippen MR) is 92.9 cm³/mol. The van der Waals surface area contributed by atoms with Gasteiger partial charge in [0.2, 0.25) is 0 Å². The summed E-state index contributed by atoms with van der Waals surface area (Å²) < 4.78 is 0. The maximum atomic E-state index is 2.72. The van der Waals surface area contributed by atoms with E-state index in [0.29, 0.717) is 23.2 Å². The Bertz CT molecular complexity index is 368. The third-order valence-electron chi connectivity index (χ3n) is 6.57. The lowest BCUT2D eigenvalue weighted by Gasteiger charge is -2.55. The molecule has 0 N–H and O–H groups in total. The van der Waals surface area contributed by atoms with E-state index in [1.165, 1.54) is 39.0 Å². The number of fused-ring (bicyclic) bond motifs is 4. The first-order valence-electron chi connectivity index (χ1n) is 9.17. The van der Waals surface area contributed by atoms with Gasteiger partial charge >= 0.3 is 0 Å². The molecule has 4 nitrogen and oxygen atoms in total. The second kappa shape index (κ2) is 5.73. The Morgan fingerprint density at radius 2 is 1.00 bits per heavy atom. The Morgan fingerprint density at radius 3 is 1.36 bits per heavy atom. The van der Waals surface area contributed by atoms with Crippen LogP contribution in [0.2, 0.25) is 0 Å². The van der Waals surface area contributed by atoms with E-state index in [2.05, 4.69) is 61.1 Å². The van der Waals surface area contributed by atoms with Gasteiger partial charge in [0.05, 0.1) is 13.3 Å². The van der Waals surface area contributed by atoms with Gasteiger partial charge in [0, 0.05) is 49.3 Å². The largest absolute Gasteiger partial charge is 0.286 e. The molecule has 0 radical (unpaired) electrons. The van der Waals surface area contributed by atoms with Gasteiger partial charge in [-0.05, 0) is 54.4 Å². The number of nitrogens with zero attached hydrogens (tertiary/aromatic N) is 4. The van der Waals surface area contributed by atoms with Crippen LogP contribution in [0, 0.1) is 0 Å². The van der Waals surface area contributed by atoms with E-state index >= 15 is 0 Å². The summed E-state index contributed by atoms with van der Waals surface area (Å²) in [5, 5.41) is 0. The summed E-state index contributed by atoms with van der Waals surface area (Å²) in [4.78, 5) is 10.8. The zero-order valence-electron chi connectivity index (χ0n) is 15.6. The van der Waals surface area contributed by atoms with E-state index in [-0.39, 0.29) is 0 Å². The highest BCUT2D eigenvalue weighted by Crippen LogP contribution is 2.32. The third kappa shape index (κ3) is 3.08. The minimum atomic E-state index is 0.340. The van der Waals surface area contributed by atoms with E-state index in [1.54, 1.807) is 0 Å². The second-order valence-corrected chi connectivity index (χ2v) is 9.17. The molecule has 4 bridgehead atoms. The molecule has 3 aliphatic rings. The van der Waals surface area contributed by atoms with Crippen LogP contribution in [0.3, 0.4) is 0 Å². The van der Waals surface area contributed by atoms with Crippen LogP contribution in [0.1, 0.15) is 54.4 Å². The zero-order valence-corrected chi connectivity index (χ0v) is 15.6. The molecular formula is C18H36N4. The molecule has 3 heterocycles. The van der Waals surface area contributed by atoms with Crippen LogP contribution in [0.25, 0.3) is 0 Å². The van der Waals surface area contributed by atoms with Crippen LogP contribution in [0.15, 0.2) is 0 Å². The fraction of sp³-hybridized carbons (Fsp3) is 1.00. The highest BCUT2D eigenvalue weighted by molar-refractivity contribution is 4.96. The summed E-state index contributed by atoms with van der Waals surface area (Å²) in [6.07, 6.45) is 2.57. The van der Waals surface area contributed by atoms with Crippen LogP contribution in [0.5, 0.6) is 0 Å². The van der Waals surface area contributed by atoms with Crippen molar-refractivity contribution in [3.63, 3.8) is 0 Å². The summed E-state index contributed by atoms with van der Waals surface area (Å²) in [5.74, 6) is 0. The first-order chi connectivity index (χ1) is 10.2. The Morgan fingerprint density at radius 1 is 0.636 bits per heavy atom. The van der Waals surface area contributed by atoms with Crippen molar-refractivity contribution in [2.75, 3.05) is 39.5 Å². The smallest absolute Gasteiger partial charge is 0.0514 e. The van der Waals surface area contributed by atoms with Gasteiger partial charge in [0.1, 0.15) is 0 Å². The molecule has 4 unspecified atom stereocenters. The van der Waals surface area contributed by atoms with Crippen molar-refractivity contribution in [3.05, 3.63) is 0 Å². The molecule has 0 aliphatic carbocycles. The van der Waals surface area contributed by atoms with E-state index in [1.807, 2.05) is 0 Å². The van der Waals surface area contributed by atoms with Crippen molar-refractivity contribution in [1.29, 1.82) is 0 Å². The molecule has 128 valence electrons. The Hall–Kier alpha value is -0.160. The Balaban J connectivity index is 1.80. The molecule has 3 aliphatic heterocycles. The standard InChI is InChI=1S/C18H36N4/c1-15-11-17(3,4)21-10-8-20-14-22(9-7-19(15)13-21)18(5,6)12-16(20)2/h15-16H,7-14H2,1-6H3/t15-,16-/m1/s1. The second-order valence-electron chi connectivity index (χ2n) is 9.17. The van der Waals surface area contributed by atoms with E-state index in [0.717, 1.165) is 13.3 Å². The molecule has 4 heteroatoms. The van der Waals surface area contributed by atoms with Crippen molar-refractivity contribution in [3.8, 4) is 0 Å². The van der Waals surface area contributed by atoms with Gasteiger partial charge in [-0.2, -0.15) is 0 Å². The maximum Gasteiger partial charge on any atom is 0.0514 e. The summed E-state index contributed by atoms with van der Waals surface area (Å²) in [6.45, 7) is 21.7. The fourth-order valence-electron chi connectivity index (χ4n) is 4.89. The van der Waals surface area contributed by atoms with Crippen LogP contribution < -0.4 is 0 Å². The van der Waals surface area contributed by atoms with Crippen molar-refractivity contribution in [2.45, 2.75) is 77.5 Å². The maximum absolute atomic E-state index is 2.72. The van der Waals surface area contributed by atoms with Crippen molar-refractivity contribution >= 4 is 0 Å². The molecular weight excluding hydrogens is 272 g/mol. The molecule has 0 saturated carbocycles. The van der Waals surface area contributed by atoms with Gasteiger partial charge in [-0.1, -0.05) is 0 Å². The first-order valence-corrected chi connectivity index (χ1v) is 9.17. The molecule has 6 atom stereocenters. The lowest BCUT2D eigenvalue weighted by Crippen LogP contribution is -2.66. The SMILES string of the molecule is C[C@@H]1CC(C)(C)N2CCN3CN(CCN1C2)C(C)(C)C[C@H]3C. The molecule has 3 saturated heterocycles. The minimum Gasteiger partial charge on any atom is -0.286 e. The molecule has 0 spiro atoms.